The first kappa shape index (κ1) is 20.2. The average Bonchev–Trinajstić information content (AvgIpc) is 2.90. The van der Waals surface area contributed by atoms with E-state index < -0.39 is 11.7 Å². The summed E-state index contributed by atoms with van der Waals surface area (Å²) in [7, 11) is 0. The molecule has 4 aliphatic carbocycles. The number of aliphatic hydroxyl groups excluding tert-OH is 1. The van der Waals surface area contributed by atoms with Crippen LogP contribution in [0.3, 0.4) is 0 Å². The third kappa shape index (κ3) is 2.53. The number of esters is 1. The Labute approximate surface area is 172 Å². The molecule has 5 heteroatoms. The number of ketones is 1. The number of aliphatic hydroxyl groups is 1. The molecule has 0 amide bonds. The number of allylic oxidation sites excluding steroid dienone is 3. The highest BCUT2D eigenvalue weighted by atomic mass is 35.5. The fourth-order valence-corrected chi connectivity index (χ4v) is 7.70. The van der Waals surface area contributed by atoms with E-state index >= 15 is 0 Å². The lowest BCUT2D eigenvalue weighted by molar-refractivity contribution is -0.185. The van der Waals surface area contributed by atoms with Gasteiger partial charge in [-0.3, -0.25) is 9.59 Å². The molecule has 1 N–H and O–H groups in total. The third-order valence-electron chi connectivity index (χ3n) is 8.69. The number of halogens is 1. The van der Waals surface area contributed by atoms with Crippen molar-refractivity contribution in [3.63, 3.8) is 0 Å². The van der Waals surface area contributed by atoms with E-state index in [1.807, 2.05) is 6.08 Å². The molecule has 0 aliphatic heterocycles. The molecule has 0 bridgehead atoms. The van der Waals surface area contributed by atoms with Crippen molar-refractivity contribution in [2.75, 3.05) is 0 Å². The van der Waals surface area contributed by atoms with Gasteiger partial charge in [-0.2, -0.15) is 0 Å². The number of carbonyl (C=O) groups is 2. The molecule has 0 radical (unpaired) electrons. The van der Waals surface area contributed by atoms with Gasteiger partial charge in [0, 0.05) is 17.4 Å². The lowest BCUT2D eigenvalue weighted by atomic mass is 9.48. The van der Waals surface area contributed by atoms with Gasteiger partial charge in [-0.15, -0.1) is 0 Å². The number of hydrogen-bond acceptors (Lipinski definition) is 4. The molecular weight excluding hydrogens is 376 g/mol. The topological polar surface area (TPSA) is 63.6 Å². The van der Waals surface area contributed by atoms with Gasteiger partial charge < -0.3 is 9.84 Å². The molecule has 2 fully saturated rings. The van der Waals surface area contributed by atoms with E-state index in [0.29, 0.717) is 12.3 Å². The zero-order chi connectivity index (χ0) is 20.5. The van der Waals surface area contributed by atoms with E-state index in [1.54, 1.807) is 6.92 Å². The Morgan fingerprint density at radius 3 is 2.39 bits per heavy atom. The van der Waals surface area contributed by atoms with Crippen molar-refractivity contribution >= 4 is 23.4 Å². The molecule has 0 aromatic rings. The second-order valence-corrected chi connectivity index (χ2v) is 10.3. The van der Waals surface area contributed by atoms with Crippen molar-refractivity contribution in [3.8, 4) is 0 Å². The van der Waals surface area contributed by atoms with Crippen LogP contribution in [-0.2, 0) is 14.3 Å². The van der Waals surface area contributed by atoms with Gasteiger partial charge >= 0.3 is 5.97 Å². The molecule has 2 saturated carbocycles. The van der Waals surface area contributed by atoms with Crippen molar-refractivity contribution in [1.29, 1.82) is 0 Å². The summed E-state index contributed by atoms with van der Waals surface area (Å²) in [6.45, 7) is 7.40. The Hall–Kier alpha value is -1.13. The molecule has 0 saturated heterocycles. The lowest BCUT2D eigenvalue weighted by Gasteiger charge is -2.58. The molecule has 4 rings (SSSR count). The lowest BCUT2D eigenvalue weighted by Crippen LogP contribution is -2.58. The van der Waals surface area contributed by atoms with Gasteiger partial charge in [0.2, 0.25) is 0 Å². The fraction of sp³-hybridized carbons (Fsp3) is 0.739. The maximum atomic E-state index is 12.8. The summed E-state index contributed by atoms with van der Waals surface area (Å²) in [5.41, 5.74) is -0.340. The smallest absolute Gasteiger partial charge is 0.303 e. The molecule has 4 aliphatic rings. The van der Waals surface area contributed by atoms with Gasteiger partial charge in [0.05, 0.1) is 6.10 Å². The van der Waals surface area contributed by atoms with Gasteiger partial charge in [0.15, 0.2) is 11.4 Å². The molecule has 0 heterocycles. The summed E-state index contributed by atoms with van der Waals surface area (Å²) < 4.78 is 5.80. The third-order valence-corrected chi connectivity index (χ3v) is 9.02. The molecular formula is C23H31ClO4. The minimum atomic E-state index is -1.02. The molecule has 4 nitrogen and oxygen atoms in total. The van der Waals surface area contributed by atoms with Crippen LogP contribution in [0.2, 0.25) is 0 Å². The number of carbonyl (C=O) groups excluding carboxylic acids is 2. The quantitative estimate of drug-likeness (QED) is 0.683. The average molecular weight is 407 g/mol. The number of hydrogen-bond donors (Lipinski definition) is 1. The Bertz CT molecular complexity index is 785. The first-order chi connectivity index (χ1) is 13.0. The summed E-state index contributed by atoms with van der Waals surface area (Å²) in [6, 6.07) is 0. The van der Waals surface area contributed by atoms with E-state index in [4.69, 9.17) is 16.3 Å². The van der Waals surface area contributed by atoms with Crippen LogP contribution in [0.4, 0.5) is 0 Å². The minimum Gasteiger partial charge on any atom is -0.451 e. The summed E-state index contributed by atoms with van der Waals surface area (Å²) in [6.07, 6.45) is 8.68. The maximum Gasteiger partial charge on any atom is 0.303 e. The van der Waals surface area contributed by atoms with Crippen LogP contribution >= 0.6 is 11.6 Å². The van der Waals surface area contributed by atoms with Crippen molar-refractivity contribution in [3.05, 3.63) is 22.8 Å². The number of Topliss-reactive ketones (excluding diaryl/α,β-unsaturated/α-hetero) is 1. The van der Waals surface area contributed by atoms with Gasteiger partial charge in [-0.1, -0.05) is 37.6 Å². The molecule has 0 aromatic heterocycles. The SMILES string of the molecule is CC(=O)O[C@]1(C(C)=O)CCC2C3C=C(Cl)C4=CC(O)CC[C@]4(C)C3CC[C@@]21C. The van der Waals surface area contributed by atoms with Crippen molar-refractivity contribution in [2.24, 2.45) is 28.6 Å². The molecule has 0 aromatic carbocycles. The van der Waals surface area contributed by atoms with Crippen molar-refractivity contribution in [2.45, 2.75) is 77.9 Å². The van der Waals surface area contributed by atoms with Crippen molar-refractivity contribution in [1.82, 2.24) is 0 Å². The summed E-state index contributed by atoms with van der Waals surface area (Å²) in [4.78, 5) is 24.7. The van der Waals surface area contributed by atoms with E-state index in [9.17, 15) is 14.7 Å². The number of fused-ring (bicyclic) bond motifs is 5. The first-order valence-corrected chi connectivity index (χ1v) is 10.9. The summed E-state index contributed by atoms with van der Waals surface area (Å²) in [5.74, 6) is 0.542. The zero-order valence-electron chi connectivity index (χ0n) is 17.3. The highest BCUT2D eigenvalue weighted by Gasteiger charge is 2.67. The highest BCUT2D eigenvalue weighted by Crippen LogP contribution is 2.68. The molecule has 4 unspecified atom stereocenters. The normalized spacial score (nSPS) is 47.2. The second kappa shape index (κ2) is 6.43. The molecule has 0 spiro atoms. The Morgan fingerprint density at radius 1 is 1.07 bits per heavy atom. The van der Waals surface area contributed by atoms with Crippen LogP contribution in [-0.4, -0.2) is 28.6 Å². The van der Waals surface area contributed by atoms with Gasteiger partial charge in [0.25, 0.3) is 0 Å². The van der Waals surface area contributed by atoms with E-state index in [0.717, 1.165) is 42.7 Å². The van der Waals surface area contributed by atoms with Gasteiger partial charge in [-0.05, 0) is 74.2 Å². The summed E-state index contributed by atoms with van der Waals surface area (Å²) >= 11 is 6.75. The predicted molar refractivity (Wildman–Crippen MR) is 108 cm³/mol. The first-order valence-electron chi connectivity index (χ1n) is 10.5. The van der Waals surface area contributed by atoms with Crippen LogP contribution in [0, 0.1) is 28.6 Å². The largest absolute Gasteiger partial charge is 0.451 e. The maximum absolute atomic E-state index is 12.8. The van der Waals surface area contributed by atoms with E-state index in [2.05, 4.69) is 19.9 Å². The van der Waals surface area contributed by atoms with Crippen molar-refractivity contribution < 1.29 is 19.4 Å². The predicted octanol–water partition coefficient (Wildman–Crippen LogP) is 4.54. The van der Waals surface area contributed by atoms with Crippen LogP contribution in [0.1, 0.15) is 66.2 Å². The van der Waals surface area contributed by atoms with Gasteiger partial charge in [0.1, 0.15) is 0 Å². The van der Waals surface area contributed by atoms with Crippen LogP contribution in [0.15, 0.2) is 22.8 Å². The number of ether oxygens (including phenoxy) is 1. The highest BCUT2D eigenvalue weighted by molar-refractivity contribution is 6.32. The minimum absolute atomic E-state index is 0.0374. The Kier molecular flexibility index (Phi) is 4.63. The fourth-order valence-electron chi connectivity index (χ4n) is 7.28. The summed E-state index contributed by atoms with van der Waals surface area (Å²) in [5, 5.41) is 10.9. The van der Waals surface area contributed by atoms with E-state index in [-0.39, 0.29) is 34.4 Å². The van der Waals surface area contributed by atoms with Crippen LogP contribution in [0.25, 0.3) is 0 Å². The number of rotatable bonds is 2. The van der Waals surface area contributed by atoms with Gasteiger partial charge in [-0.25, -0.2) is 0 Å². The van der Waals surface area contributed by atoms with Crippen LogP contribution in [0.5, 0.6) is 0 Å². The second-order valence-electron chi connectivity index (χ2n) is 9.88. The standard InChI is InChI=1S/C23H31ClO4/c1-13(25)23(28-14(2)26)10-7-18-16-12-20(24)19-11-15(27)5-8-21(19,3)17(16)6-9-22(18,23)4/h11-12,15-18,27H,5-10H2,1-4H3/t15?,16?,17?,18?,21-,22+,23+/m1/s1. The van der Waals surface area contributed by atoms with E-state index in [1.165, 1.54) is 6.92 Å². The molecule has 28 heavy (non-hydrogen) atoms. The Morgan fingerprint density at radius 2 is 1.75 bits per heavy atom. The van der Waals surface area contributed by atoms with Crippen LogP contribution < -0.4 is 0 Å². The molecule has 7 atom stereocenters. The monoisotopic (exact) mass is 406 g/mol. The Balaban J connectivity index is 1.78. The zero-order valence-corrected chi connectivity index (χ0v) is 18.0. The molecule has 154 valence electrons.